The molecule has 12 nitrogen and oxygen atoms in total. The molecule has 5 amide bonds. The largest absolute Gasteiger partial charge is 0.485 e. The maximum atomic E-state index is 13.7. The molecule has 1 aliphatic carbocycles. The van der Waals surface area contributed by atoms with Gasteiger partial charge in [-0.25, -0.2) is 9.59 Å². The van der Waals surface area contributed by atoms with Crippen molar-refractivity contribution < 1.29 is 33.7 Å². The second kappa shape index (κ2) is 13.4. The number of aliphatic hydroxyl groups excluding tert-OH is 1. The number of nitrogens with one attached hydrogen (secondary N) is 3. The van der Waals surface area contributed by atoms with Gasteiger partial charge in [-0.05, 0) is 44.0 Å². The monoisotopic (exact) mass is 595 g/mol. The van der Waals surface area contributed by atoms with Crippen LogP contribution in [0.5, 0.6) is 17.2 Å². The quantitative estimate of drug-likeness (QED) is 0.375. The zero-order valence-electron chi connectivity index (χ0n) is 24.9. The van der Waals surface area contributed by atoms with E-state index in [0.717, 1.165) is 25.7 Å². The van der Waals surface area contributed by atoms with Gasteiger partial charge in [0.1, 0.15) is 6.10 Å². The number of aliphatic hydroxyl groups is 1. The highest BCUT2D eigenvalue weighted by Crippen LogP contribution is 2.36. The molecule has 1 fully saturated rings. The fourth-order valence-electron chi connectivity index (χ4n) is 5.70. The van der Waals surface area contributed by atoms with Crippen molar-refractivity contribution in [2.75, 3.05) is 44.2 Å². The Hall–Kier alpha value is -4.19. The van der Waals surface area contributed by atoms with Gasteiger partial charge in [0, 0.05) is 37.3 Å². The van der Waals surface area contributed by atoms with E-state index in [0.29, 0.717) is 29.4 Å². The van der Waals surface area contributed by atoms with Gasteiger partial charge in [0.25, 0.3) is 5.91 Å². The second-order valence-electron chi connectivity index (χ2n) is 11.6. The van der Waals surface area contributed by atoms with Crippen molar-refractivity contribution in [3.63, 3.8) is 0 Å². The number of ether oxygens (including phenoxy) is 3. The molecule has 4 N–H and O–H groups in total. The summed E-state index contributed by atoms with van der Waals surface area (Å²) in [7, 11) is 1.73. The normalized spacial score (nSPS) is 20.7. The van der Waals surface area contributed by atoms with Crippen molar-refractivity contribution in [2.24, 2.45) is 5.92 Å². The maximum Gasteiger partial charge on any atom is 0.323 e. The molecule has 2 heterocycles. The Balaban J connectivity index is 1.38. The highest BCUT2D eigenvalue weighted by atomic mass is 16.7. The van der Waals surface area contributed by atoms with Gasteiger partial charge in [-0.15, -0.1) is 0 Å². The first kappa shape index (κ1) is 30.3. The molecule has 0 aromatic heterocycles. The topological polar surface area (TPSA) is 142 Å². The van der Waals surface area contributed by atoms with Gasteiger partial charge in [0.05, 0.1) is 30.4 Å². The van der Waals surface area contributed by atoms with E-state index in [2.05, 4.69) is 16.0 Å². The summed E-state index contributed by atoms with van der Waals surface area (Å²) in [6, 6.07) is 9.05. The van der Waals surface area contributed by atoms with E-state index >= 15 is 0 Å². The predicted octanol–water partition coefficient (Wildman–Crippen LogP) is 4.25. The maximum absolute atomic E-state index is 13.7. The predicted molar refractivity (Wildman–Crippen MR) is 161 cm³/mol. The number of rotatable bonds is 7. The van der Waals surface area contributed by atoms with Crippen molar-refractivity contribution in [1.29, 1.82) is 0 Å². The molecule has 0 unspecified atom stereocenters. The van der Waals surface area contributed by atoms with Gasteiger partial charge in [-0.3, -0.25) is 4.79 Å². The number of carbonyl (C=O) groups excluding carboxylic acids is 3. The Bertz CT molecular complexity index is 1330. The summed E-state index contributed by atoms with van der Waals surface area (Å²) in [4.78, 5) is 43.2. The van der Waals surface area contributed by atoms with Crippen LogP contribution in [0.1, 0.15) is 56.3 Å². The third kappa shape index (κ3) is 7.07. The molecule has 12 heteroatoms. The molecule has 2 aromatic rings. The highest BCUT2D eigenvalue weighted by Gasteiger charge is 2.35. The molecular weight excluding hydrogens is 554 g/mol. The Labute approximate surface area is 251 Å². The molecule has 2 aliphatic heterocycles. The molecule has 1 saturated carbocycles. The number of benzene rings is 2. The number of amides is 5. The van der Waals surface area contributed by atoms with Gasteiger partial charge in [-0.2, -0.15) is 0 Å². The number of carbonyl (C=O) groups is 3. The fourth-order valence-corrected chi connectivity index (χ4v) is 5.70. The van der Waals surface area contributed by atoms with Gasteiger partial charge in [-0.1, -0.05) is 32.3 Å². The summed E-state index contributed by atoms with van der Waals surface area (Å²) in [6.07, 6.45) is 4.85. The molecular formula is C31H41N5O7. The van der Waals surface area contributed by atoms with Gasteiger partial charge < -0.3 is 45.1 Å². The van der Waals surface area contributed by atoms with Crippen LogP contribution in [0.15, 0.2) is 36.4 Å². The Morgan fingerprint density at radius 1 is 1.09 bits per heavy atom. The van der Waals surface area contributed by atoms with E-state index in [1.165, 1.54) is 6.42 Å². The van der Waals surface area contributed by atoms with Crippen LogP contribution in [-0.4, -0.2) is 84.6 Å². The number of hydrogen-bond donors (Lipinski definition) is 4. The summed E-state index contributed by atoms with van der Waals surface area (Å²) >= 11 is 0. The summed E-state index contributed by atoms with van der Waals surface area (Å²) in [5.74, 6) is 0.822. The lowest BCUT2D eigenvalue weighted by atomic mass is 9.96. The summed E-state index contributed by atoms with van der Waals surface area (Å²) in [6.45, 7) is 4.23. The molecule has 0 radical (unpaired) electrons. The van der Waals surface area contributed by atoms with Crippen LogP contribution in [0.3, 0.4) is 0 Å². The van der Waals surface area contributed by atoms with Gasteiger partial charge in [0.2, 0.25) is 6.79 Å². The average Bonchev–Trinajstić information content (AvgIpc) is 3.47. The minimum absolute atomic E-state index is 0.120. The number of urea groups is 2. The van der Waals surface area contributed by atoms with Crippen LogP contribution < -0.4 is 30.2 Å². The molecule has 43 heavy (non-hydrogen) atoms. The highest BCUT2D eigenvalue weighted by molar-refractivity contribution is 6.04. The van der Waals surface area contributed by atoms with E-state index in [9.17, 15) is 19.5 Å². The van der Waals surface area contributed by atoms with E-state index in [4.69, 9.17) is 14.2 Å². The van der Waals surface area contributed by atoms with E-state index in [1.807, 2.05) is 6.92 Å². The molecule has 0 spiro atoms. The van der Waals surface area contributed by atoms with Crippen molar-refractivity contribution in [1.82, 2.24) is 15.1 Å². The molecule has 2 aromatic carbocycles. The first-order chi connectivity index (χ1) is 20.7. The number of para-hydroxylation sites is 1. The van der Waals surface area contributed by atoms with Gasteiger partial charge >= 0.3 is 12.1 Å². The molecule has 232 valence electrons. The van der Waals surface area contributed by atoms with Crippen molar-refractivity contribution in [2.45, 2.75) is 64.1 Å². The zero-order chi connectivity index (χ0) is 30.5. The van der Waals surface area contributed by atoms with Crippen LogP contribution in [-0.2, 0) is 0 Å². The van der Waals surface area contributed by atoms with Crippen molar-refractivity contribution in [3.8, 4) is 17.2 Å². The number of nitrogens with zero attached hydrogens (tertiary/aromatic N) is 2. The second-order valence-corrected chi connectivity index (χ2v) is 11.6. The lowest BCUT2D eigenvalue weighted by Gasteiger charge is -2.38. The first-order valence-corrected chi connectivity index (χ1v) is 14.9. The minimum Gasteiger partial charge on any atom is -0.485 e. The fraction of sp³-hybridized carbons (Fsp3) is 0.516. The smallest absolute Gasteiger partial charge is 0.323 e. The van der Waals surface area contributed by atoms with Crippen LogP contribution in [0.2, 0.25) is 0 Å². The molecule has 0 bridgehead atoms. The average molecular weight is 596 g/mol. The number of hydrogen-bond acceptors (Lipinski definition) is 7. The van der Waals surface area contributed by atoms with E-state index in [-0.39, 0.29) is 55.2 Å². The SMILES string of the molecule is C[C@@H]1CN([C@@H](C)CO)C(=O)c2cccc(NC(=O)Nc3ccc4c(c3)OCO4)c2O[C@H]1CN(C)C(=O)NC1CCCCC1. The Morgan fingerprint density at radius 3 is 2.63 bits per heavy atom. The van der Waals surface area contributed by atoms with E-state index in [1.54, 1.807) is 60.2 Å². The Morgan fingerprint density at radius 2 is 1.86 bits per heavy atom. The molecule has 3 aliphatic rings. The molecule has 5 rings (SSSR count). The Kier molecular flexibility index (Phi) is 9.44. The molecule has 3 atom stereocenters. The lowest BCUT2D eigenvalue weighted by Crippen LogP contribution is -2.52. The van der Waals surface area contributed by atoms with Gasteiger partial charge in [0.15, 0.2) is 17.2 Å². The number of likely N-dealkylation sites (N-methyl/N-ethyl adjacent to an activating group) is 1. The zero-order valence-corrected chi connectivity index (χ0v) is 24.9. The van der Waals surface area contributed by atoms with Crippen molar-refractivity contribution in [3.05, 3.63) is 42.0 Å². The van der Waals surface area contributed by atoms with Crippen LogP contribution in [0.25, 0.3) is 0 Å². The van der Waals surface area contributed by atoms with Crippen LogP contribution in [0.4, 0.5) is 21.0 Å². The summed E-state index contributed by atoms with van der Waals surface area (Å²) in [5.41, 5.74) is 1.05. The van der Waals surface area contributed by atoms with Crippen LogP contribution in [0, 0.1) is 5.92 Å². The minimum atomic E-state index is -0.542. The third-order valence-electron chi connectivity index (χ3n) is 8.30. The summed E-state index contributed by atoms with van der Waals surface area (Å²) < 4.78 is 17.3. The molecule has 0 saturated heterocycles. The first-order valence-electron chi connectivity index (χ1n) is 14.9. The standard InChI is InChI=1S/C31H41N5O7/c1-19-15-36(20(2)17-37)29(38)23-10-7-11-24(34-30(39)32-22-12-13-25-26(14-22)42-18-41-25)28(23)43-27(19)16-35(3)31(40)33-21-8-5-4-6-9-21/h7,10-14,19-21,27,37H,4-6,8-9,15-18H2,1-3H3,(H,33,40)(H2,32,34,39)/t19-,20+,27+/m1/s1. The number of anilines is 2. The van der Waals surface area contributed by atoms with Crippen molar-refractivity contribution >= 4 is 29.3 Å². The lowest BCUT2D eigenvalue weighted by molar-refractivity contribution is 0.0368. The van der Waals surface area contributed by atoms with E-state index < -0.39 is 18.2 Å². The third-order valence-corrected chi connectivity index (χ3v) is 8.30. The summed E-state index contributed by atoms with van der Waals surface area (Å²) in [5, 5.41) is 18.7. The van der Waals surface area contributed by atoms with Crippen LogP contribution >= 0.6 is 0 Å². The number of fused-ring (bicyclic) bond motifs is 2.